The van der Waals surface area contributed by atoms with Crippen LogP contribution in [-0.2, 0) is 28.9 Å². The predicted molar refractivity (Wildman–Crippen MR) is 119 cm³/mol. The standard InChI is InChI=1S/C24H27FN4O4/c1-30-22-6-5-20-24(29-22)18(19(25)11-28-20)4-7-23-32-13-17(14-33-23)26-10-16-9-15-3-2-8-31-21(15)12-27-16/h5-6,9,11-12,17,23,26H,2-4,7-8,10,13-14H2,1H3. The van der Waals surface area contributed by atoms with Crippen molar-refractivity contribution in [2.75, 3.05) is 26.9 Å². The van der Waals surface area contributed by atoms with Gasteiger partial charge < -0.3 is 24.3 Å². The molecule has 0 radical (unpaired) electrons. The first-order valence-electron chi connectivity index (χ1n) is 11.2. The second kappa shape index (κ2) is 9.94. The van der Waals surface area contributed by atoms with Crippen LogP contribution in [0.2, 0.25) is 0 Å². The van der Waals surface area contributed by atoms with Crippen LogP contribution in [0.15, 0.2) is 30.6 Å². The van der Waals surface area contributed by atoms with Gasteiger partial charge in [0, 0.05) is 24.6 Å². The maximum absolute atomic E-state index is 14.5. The predicted octanol–water partition coefficient (Wildman–Crippen LogP) is 2.96. The molecular weight excluding hydrogens is 427 g/mol. The third-order valence-corrected chi connectivity index (χ3v) is 5.97. The minimum atomic E-state index is -0.393. The van der Waals surface area contributed by atoms with Gasteiger partial charge in [0.25, 0.3) is 0 Å². The summed E-state index contributed by atoms with van der Waals surface area (Å²) in [4.78, 5) is 13.0. The molecule has 0 unspecified atom stereocenters. The second-order valence-corrected chi connectivity index (χ2v) is 8.25. The zero-order chi connectivity index (χ0) is 22.6. The lowest BCUT2D eigenvalue weighted by atomic mass is 10.1. The lowest BCUT2D eigenvalue weighted by Gasteiger charge is -2.30. The fraction of sp³-hybridized carbons (Fsp3) is 0.458. The number of nitrogens with one attached hydrogen (secondary N) is 1. The molecule has 2 aliphatic rings. The van der Waals surface area contributed by atoms with Crippen LogP contribution in [0.5, 0.6) is 11.6 Å². The van der Waals surface area contributed by atoms with Crippen molar-refractivity contribution < 1.29 is 23.3 Å². The van der Waals surface area contributed by atoms with Crippen molar-refractivity contribution in [2.24, 2.45) is 0 Å². The van der Waals surface area contributed by atoms with Crippen molar-refractivity contribution in [3.05, 3.63) is 53.2 Å². The Labute approximate surface area is 191 Å². The Kier molecular flexibility index (Phi) is 6.61. The van der Waals surface area contributed by atoms with E-state index in [-0.39, 0.29) is 11.9 Å². The number of fused-ring (bicyclic) bond motifs is 2. The van der Waals surface area contributed by atoms with Crippen LogP contribution in [-0.4, -0.2) is 54.2 Å². The summed E-state index contributed by atoms with van der Waals surface area (Å²) < 4.78 is 37.0. The zero-order valence-electron chi connectivity index (χ0n) is 18.6. The van der Waals surface area contributed by atoms with Crippen LogP contribution in [0.1, 0.15) is 29.7 Å². The molecule has 0 bridgehead atoms. The minimum Gasteiger partial charge on any atom is -0.492 e. The summed E-state index contributed by atoms with van der Waals surface area (Å²) in [6, 6.07) is 5.66. The normalized spacial score (nSPS) is 20.3. The van der Waals surface area contributed by atoms with E-state index < -0.39 is 6.29 Å². The number of aryl methyl sites for hydroxylation is 2. The average Bonchev–Trinajstić information content (AvgIpc) is 2.87. The van der Waals surface area contributed by atoms with Crippen molar-refractivity contribution in [1.82, 2.24) is 20.3 Å². The Hall–Kier alpha value is -2.88. The lowest BCUT2D eigenvalue weighted by Crippen LogP contribution is -2.44. The Balaban J connectivity index is 1.13. The fourth-order valence-electron chi connectivity index (χ4n) is 4.17. The van der Waals surface area contributed by atoms with Crippen molar-refractivity contribution in [1.29, 1.82) is 0 Å². The molecule has 0 saturated carbocycles. The van der Waals surface area contributed by atoms with Crippen molar-refractivity contribution in [3.63, 3.8) is 0 Å². The number of halogens is 1. The van der Waals surface area contributed by atoms with E-state index in [0.717, 1.165) is 30.9 Å². The first-order valence-corrected chi connectivity index (χ1v) is 11.2. The van der Waals surface area contributed by atoms with Gasteiger partial charge in [0.2, 0.25) is 5.88 Å². The Morgan fingerprint density at radius 1 is 1.18 bits per heavy atom. The number of ether oxygens (including phenoxy) is 4. The van der Waals surface area contributed by atoms with E-state index in [9.17, 15) is 4.39 Å². The molecular formula is C24H27FN4O4. The van der Waals surface area contributed by atoms with Gasteiger partial charge in [-0.1, -0.05) is 0 Å². The average molecular weight is 455 g/mol. The third-order valence-electron chi connectivity index (χ3n) is 5.97. The molecule has 174 valence electrons. The summed E-state index contributed by atoms with van der Waals surface area (Å²) in [5, 5.41) is 3.44. The molecule has 9 heteroatoms. The number of hydrogen-bond acceptors (Lipinski definition) is 8. The number of rotatable bonds is 7. The zero-order valence-corrected chi connectivity index (χ0v) is 18.6. The molecule has 3 aromatic rings. The van der Waals surface area contributed by atoms with E-state index in [1.165, 1.54) is 18.9 Å². The molecule has 3 aromatic heterocycles. The molecule has 0 amide bonds. The van der Waals surface area contributed by atoms with Crippen LogP contribution in [0.25, 0.3) is 11.0 Å². The highest BCUT2D eigenvalue weighted by atomic mass is 19.1. The maximum atomic E-state index is 14.5. The van der Waals surface area contributed by atoms with Crippen LogP contribution in [0.4, 0.5) is 4.39 Å². The number of pyridine rings is 3. The number of methoxy groups -OCH3 is 1. The monoisotopic (exact) mass is 454 g/mol. The smallest absolute Gasteiger partial charge is 0.213 e. The lowest BCUT2D eigenvalue weighted by molar-refractivity contribution is -0.192. The van der Waals surface area contributed by atoms with Gasteiger partial charge >= 0.3 is 0 Å². The van der Waals surface area contributed by atoms with Crippen LogP contribution in [0.3, 0.4) is 0 Å². The highest BCUT2D eigenvalue weighted by Gasteiger charge is 2.23. The number of aromatic nitrogens is 3. The second-order valence-electron chi connectivity index (χ2n) is 8.25. The molecule has 0 aliphatic carbocycles. The Morgan fingerprint density at radius 3 is 2.91 bits per heavy atom. The molecule has 0 spiro atoms. The summed E-state index contributed by atoms with van der Waals surface area (Å²) >= 11 is 0. The van der Waals surface area contributed by atoms with Gasteiger partial charge in [0.15, 0.2) is 6.29 Å². The van der Waals surface area contributed by atoms with E-state index in [1.807, 2.05) is 6.20 Å². The molecule has 1 saturated heterocycles. The first kappa shape index (κ1) is 21.9. The number of nitrogens with zero attached hydrogens (tertiary/aromatic N) is 3. The van der Waals surface area contributed by atoms with Crippen LogP contribution < -0.4 is 14.8 Å². The van der Waals surface area contributed by atoms with E-state index in [4.69, 9.17) is 18.9 Å². The van der Waals surface area contributed by atoms with E-state index >= 15 is 0 Å². The fourth-order valence-corrected chi connectivity index (χ4v) is 4.17. The maximum Gasteiger partial charge on any atom is 0.213 e. The van der Waals surface area contributed by atoms with Gasteiger partial charge in [-0.25, -0.2) is 9.37 Å². The Morgan fingerprint density at radius 2 is 2.06 bits per heavy atom. The van der Waals surface area contributed by atoms with Gasteiger partial charge in [0.05, 0.1) is 62.1 Å². The Bertz CT molecular complexity index is 1120. The molecule has 8 nitrogen and oxygen atoms in total. The quantitative estimate of drug-likeness (QED) is 0.583. The SMILES string of the molecule is COc1ccc2ncc(F)c(CCC3OCC(NCc4cc5c(cn4)OCCC5)CO3)c2n1. The molecule has 0 aromatic carbocycles. The molecule has 0 atom stereocenters. The van der Waals surface area contributed by atoms with Gasteiger partial charge in [-0.05, 0) is 37.0 Å². The van der Waals surface area contributed by atoms with Crippen molar-refractivity contribution in [3.8, 4) is 11.6 Å². The summed E-state index contributed by atoms with van der Waals surface area (Å²) in [6.45, 7) is 2.44. The minimum absolute atomic E-state index is 0.0692. The van der Waals surface area contributed by atoms with Crippen LogP contribution in [0, 0.1) is 5.82 Å². The largest absolute Gasteiger partial charge is 0.492 e. The van der Waals surface area contributed by atoms with E-state index in [1.54, 1.807) is 12.1 Å². The molecule has 5 heterocycles. The first-order chi connectivity index (χ1) is 16.2. The molecule has 2 aliphatic heterocycles. The highest BCUT2D eigenvalue weighted by molar-refractivity contribution is 5.78. The molecule has 1 fully saturated rings. The van der Waals surface area contributed by atoms with Crippen LogP contribution >= 0.6 is 0 Å². The van der Waals surface area contributed by atoms with Gasteiger partial charge in [-0.15, -0.1) is 0 Å². The summed E-state index contributed by atoms with van der Waals surface area (Å²) in [5.74, 6) is 0.932. The van der Waals surface area contributed by atoms with E-state index in [2.05, 4.69) is 26.3 Å². The highest BCUT2D eigenvalue weighted by Crippen LogP contribution is 2.25. The van der Waals surface area contributed by atoms with Gasteiger partial charge in [0.1, 0.15) is 11.6 Å². The number of hydrogen-bond donors (Lipinski definition) is 1. The molecule has 5 rings (SSSR count). The van der Waals surface area contributed by atoms with E-state index in [0.29, 0.717) is 55.1 Å². The topological polar surface area (TPSA) is 87.6 Å². The molecule has 1 N–H and O–H groups in total. The summed E-state index contributed by atoms with van der Waals surface area (Å²) in [5.41, 5.74) is 3.82. The third kappa shape index (κ3) is 5.05. The van der Waals surface area contributed by atoms with Crippen molar-refractivity contribution >= 4 is 11.0 Å². The van der Waals surface area contributed by atoms with Gasteiger partial charge in [-0.3, -0.25) is 9.97 Å². The summed E-state index contributed by atoms with van der Waals surface area (Å²) in [7, 11) is 1.53. The molecule has 33 heavy (non-hydrogen) atoms. The van der Waals surface area contributed by atoms with Crippen molar-refractivity contribution in [2.45, 2.75) is 44.6 Å². The van der Waals surface area contributed by atoms with Gasteiger partial charge in [-0.2, -0.15) is 0 Å². The summed E-state index contributed by atoms with van der Waals surface area (Å²) in [6.07, 6.45) is 5.66.